The second-order valence-corrected chi connectivity index (χ2v) is 5.12. The number of alkyl halides is 1. The summed E-state index contributed by atoms with van der Waals surface area (Å²) in [7, 11) is 1.82. The quantitative estimate of drug-likeness (QED) is 0.718. The Morgan fingerprint density at radius 1 is 1.33 bits per heavy atom. The summed E-state index contributed by atoms with van der Waals surface area (Å²) in [6.07, 6.45) is 1.55. The van der Waals surface area contributed by atoms with Gasteiger partial charge in [0.25, 0.3) is 0 Å². The SMILES string of the molecule is CCC(C)c1ccc(CN(C)C(=O)CCCl)cc1. The number of carbonyl (C=O) groups is 1. The maximum absolute atomic E-state index is 11.6. The molecule has 0 bridgehead atoms. The van der Waals surface area contributed by atoms with Crippen molar-refractivity contribution in [1.29, 1.82) is 0 Å². The Morgan fingerprint density at radius 2 is 1.94 bits per heavy atom. The van der Waals surface area contributed by atoms with Crippen molar-refractivity contribution in [3.05, 3.63) is 35.4 Å². The van der Waals surface area contributed by atoms with Gasteiger partial charge in [0.1, 0.15) is 0 Å². The predicted octanol–water partition coefficient (Wildman–Crippen LogP) is 3.79. The molecule has 1 atom stereocenters. The van der Waals surface area contributed by atoms with Crippen molar-refractivity contribution in [2.45, 2.75) is 39.2 Å². The maximum atomic E-state index is 11.6. The lowest BCUT2D eigenvalue weighted by Gasteiger charge is -2.17. The van der Waals surface area contributed by atoms with Crippen molar-refractivity contribution in [2.24, 2.45) is 0 Å². The van der Waals surface area contributed by atoms with E-state index >= 15 is 0 Å². The van der Waals surface area contributed by atoms with Gasteiger partial charge in [-0.2, -0.15) is 0 Å². The van der Waals surface area contributed by atoms with E-state index in [-0.39, 0.29) is 5.91 Å². The summed E-state index contributed by atoms with van der Waals surface area (Å²) in [4.78, 5) is 13.3. The van der Waals surface area contributed by atoms with E-state index in [2.05, 4.69) is 38.1 Å². The van der Waals surface area contributed by atoms with Gasteiger partial charge in [-0.3, -0.25) is 4.79 Å². The zero-order valence-electron chi connectivity index (χ0n) is 11.4. The monoisotopic (exact) mass is 267 g/mol. The standard InChI is InChI=1S/C15H22ClNO/c1-4-12(2)14-7-5-13(6-8-14)11-17(3)15(18)9-10-16/h5-8,12H,4,9-11H2,1-3H3. The maximum Gasteiger partial charge on any atom is 0.223 e. The van der Waals surface area contributed by atoms with Gasteiger partial charge in [0.2, 0.25) is 5.91 Å². The molecule has 2 nitrogen and oxygen atoms in total. The highest BCUT2D eigenvalue weighted by Gasteiger charge is 2.08. The highest BCUT2D eigenvalue weighted by atomic mass is 35.5. The van der Waals surface area contributed by atoms with E-state index in [4.69, 9.17) is 11.6 Å². The van der Waals surface area contributed by atoms with Crippen LogP contribution in [0.5, 0.6) is 0 Å². The van der Waals surface area contributed by atoms with Crippen molar-refractivity contribution in [1.82, 2.24) is 4.90 Å². The van der Waals surface area contributed by atoms with Crippen molar-refractivity contribution in [2.75, 3.05) is 12.9 Å². The van der Waals surface area contributed by atoms with Crippen LogP contribution in [0.3, 0.4) is 0 Å². The van der Waals surface area contributed by atoms with E-state index in [9.17, 15) is 4.79 Å². The Bertz CT molecular complexity index is 375. The summed E-state index contributed by atoms with van der Waals surface area (Å²) >= 11 is 5.57. The number of carbonyl (C=O) groups excluding carboxylic acids is 1. The van der Waals surface area contributed by atoms with Gasteiger partial charge in [0.05, 0.1) is 0 Å². The van der Waals surface area contributed by atoms with Crippen LogP contribution in [-0.2, 0) is 11.3 Å². The third-order valence-corrected chi connectivity index (χ3v) is 3.50. The molecule has 0 heterocycles. The summed E-state index contributed by atoms with van der Waals surface area (Å²) in [5.74, 6) is 1.07. The topological polar surface area (TPSA) is 20.3 Å². The van der Waals surface area contributed by atoms with Crippen molar-refractivity contribution in [3.8, 4) is 0 Å². The average Bonchev–Trinajstić information content (AvgIpc) is 2.39. The van der Waals surface area contributed by atoms with Gasteiger partial charge in [0, 0.05) is 25.9 Å². The Hall–Kier alpha value is -1.02. The first kappa shape index (κ1) is 15.0. The molecule has 0 saturated heterocycles. The molecule has 1 rings (SSSR count). The summed E-state index contributed by atoms with van der Waals surface area (Å²) < 4.78 is 0. The molecule has 18 heavy (non-hydrogen) atoms. The number of hydrogen-bond acceptors (Lipinski definition) is 1. The van der Waals surface area contributed by atoms with Crippen LogP contribution in [0.4, 0.5) is 0 Å². The number of benzene rings is 1. The third kappa shape index (κ3) is 4.34. The lowest BCUT2D eigenvalue weighted by molar-refractivity contribution is -0.129. The summed E-state index contributed by atoms with van der Waals surface area (Å²) in [6.45, 7) is 5.07. The zero-order chi connectivity index (χ0) is 13.5. The van der Waals surface area contributed by atoms with Crippen LogP contribution in [0.15, 0.2) is 24.3 Å². The highest BCUT2D eigenvalue weighted by molar-refractivity contribution is 6.18. The van der Waals surface area contributed by atoms with E-state index < -0.39 is 0 Å². The minimum atomic E-state index is 0.0935. The number of halogens is 1. The van der Waals surface area contributed by atoms with E-state index in [0.29, 0.717) is 24.8 Å². The Balaban J connectivity index is 2.60. The van der Waals surface area contributed by atoms with Crippen LogP contribution in [-0.4, -0.2) is 23.7 Å². The van der Waals surface area contributed by atoms with E-state index in [0.717, 1.165) is 12.0 Å². The van der Waals surface area contributed by atoms with Gasteiger partial charge in [-0.1, -0.05) is 38.1 Å². The van der Waals surface area contributed by atoms with Crippen LogP contribution < -0.4 is 0 Å². The van der Waals surface area contributed by atoms with Gasteiger partial charge in [-0.05, 0) is 23.5 Å². The van der Waals surface area contributed by atoms with Crippen LogP contribution >= 0.6 is 11.6 Å². The number of rotatable bonds is 6. The molecule has 0 saturated carbocycles. The minimum absolute atomic E-state index is 0.0935. The second-order valence-electron chi connectivity index (χ2n) is 4.74. The molecule has 0 N–H and O–H groups in total. The summed E-state index contributed by atoms with van der Waals surface area (Å²) in [6, 6.07) is 8.52. The van der Waals surface area contributed by atoms with E-state index in [1.54, 1.807) is 4.90 Å². The fourth-order valence-corrected chi connectivity index (χ4v) is 1.98. The van der Waals surface area contributed by atoms with Gasteiger partial charge < -0.3 is 4.90 Å². The number of hydrogen-bond donors (Lipinski definition) is 0. The largest absolute Gasteiger partial charge is 0.341 e. The number of nitrogens with zero attached hydrogens (tertiary/aromatic N) is 1. The van der Waals surface area contributed by atoms with Crippen LogP contribution in [0.25, 0.3) is 0 Å². The average molecular weight is 268 g/mol. The molecular weight excluding hydrogens is 246 g/mol. The van der Waals surface area contributed by atoms with Crippen LogP contribution in [0.2, 0.25) is 0 Å². The van der Waals surface area contributed by atoms with E-state index in [1.165, 1.54) is 5.56 Å². The minimum Gasteiger partial charge on any atom is -0.341 e. The van der Waals surface area contributed by atoms with Crippen LogP contribution in [0, 0.1) is 0 Å². The van der Waals surface area contributed by atoms with Gasteiger partial charge >= 0.3 is 0 Å². The Kier molecular flexibility index (Phi) is 6.20. The highest BCUT2D eigenvalue weighted by Crippen LogP contribution is 2.19. The summed E-state index contributed by atoms with van der Waals surface area (Å²) in [5.41, 5.74) is 2.52. The molecule has 1 aromatic rings. The van der Waals surface area contributed by atoms with Gasteiger partial charge in [-0.25, -0.2) is 0 Å². The number of amides is 1. The summed E-state index contributed by atoms with van der Waals surface area (Å²) in [5, 5.41) is 0. The first-order valence-corrected chi connectivity index (χ1v) is 7.00. The van der Waals surface area contributed by atoms with Crippen molar-refractivity contribution < 1.29 is 4.79 Å². The Morgan fingerprint density at radius 3 is 2.44 bits per heavy atom. The van der Waals surface area contributed by atoms with Crippen LogP contribution in [0.1, 0.15) is 43.7 Å². The second kappa shape index (κ2) is 7.42. The Labute approximate surface area is 115 Å². The molecule has 3 heteroatoms. The molecule has 1 amide bonds. The molecule has 0 aromatic heterocycles. The lowest BCUT2D eigenvalue weighted by atomic mass is 9.97. The predicted molar refractivity (Wildman–Crippen MR) is 77.0 cm³/mol. The first-order valence-electron chi connectivity index (χ1n) is 6.47. The smallest absolute Gasteiger partial charge is 0.223 e. The third-order valence-electron chi connectivity index (χ3n) is 3.31. The van der Waals surface area contributed by atoms with E-state index in [1.807, 2.05) is 7.05 Å². The fraction of sp³-hybridized carbons (Fsp3) is 0.533. The molecule has 0 fully saturated rings. The molecule has 1 unspecified atom stereocenters. The van der Waals surface area contributed by atoms with Crippen molar-refractivity contribution in [3.63, 3.8) is 0 Å². The normalized spacial score (nSPS) is 12.2. The van der Waals surface area contributed by atoms with Crippen molar-refractivity contribution >= 4 is 17.5 Å². The fourth-order valence-electron chi connectivity index (χ4n) is 1.82. The molecular formula is C15H22ClNO. The zero-order valence-corrected chi connectivity index (χ0v) is 12.2. The first-order chi connectivity index (χ1) is 8.58. The van der Waals surface area contributed by atoms with Gasteiger partial charge in [-0.15, -0.1) is 11.6 Å². The lowest BCUT2D eigenvalue weighted by Crippen LogP contribution is -2.26. The molecule has 0 spiro atoms. The molecule has 100 valence electrons. The molecule has 0 aliphatic rings. The molecule has 0 aliphatic carbocycles. The molecule has 0 radical (unpaired) electrons. The molecule has 0 aliphatic heterocycles. The molecule has 1 aromatic carbocycles. The van der Waals surface area contributed by atoms with Gasteiger partial charge in [0.15, 0.2) is 0 Å².